The number of benzene rings is 1. The van der Waals surface area contributed by atoms with Gasteiger partial charge in [-0.05, 0) is 35.7 Å². The molecule has 0 atom stereocenters. The van der Waals surface area contributed by atoms with Gasteiger partial charge in [-0.15, -0.1) is 11.8 Å². The number of nitrogen functional groups attached to an aromatic ring is 1. The number of aromatic nitrogens is 1. The fourth-order valence-electron chi connectivity index (χ4n) is 1.75. The smallest absolute Gasteiger partial charge is 0.140 e. The van der Waals surface area contributed by atoms with Gasteiger partial charge in [0.1, 0.15) is 5.82 Å². The summed E-state index contributed by atoms with van der Waals surface area (Å²) in [6, 6.07) is 14.6. The quantitative estimate of drug-likeness (QED) is 0.494. The lowest BCUT2D eigenvalue weighted by Crippen LogP contribution is -2.08. The van der Waals surface area contributed by atoms with E-state index in [4.69, 9.17) is 5.84 Å². The zero-order chi connectivity index (χ0) is 13.7. The largest absolute Gasteiger partial charge is 0.308 e. The molecule has 3 nitrogen and oxygen atoms in total. The second-order valence-corrected chi connectivity index (χ2v) is 5.72. The van der Waals surface area contributed by atoms with Crippen LogP contribution in [0.1, 0.15) is 31.0 Å². The molecule has 1 aromatic carbocycles. The molecule has 0 aliphatic rings. The van der Waals surface area contributed by atoms with Crippen LogP contribution in [0.15, 0.2) is 47.4 Å². The highest BCUT2D eigenvalue weighted by atomic mass is 32.2. The number of thioether (sulfide) groups is 1. The first-order valence-corrected chi connectivity index (χ1v) is 7.33. The molecule has 1 heterocycles. The van der Waals surface area contributed by atoms with E-state index in [-0.39, 0.29) is 0 Å². The van der Waals surface area contributed by atoms with Crippen LogP contribution in [0.4, 0.5) is 5.82 Å². The minimum absolute atomic E-state index is 0.577. The number of nitrogens with zero attached hydrogens (tertiary/aromatic N) is 1. The van der Waals surface area contributed by atoms with E-state index in [0.29, 0.717) is 11.7 Å². The SMILES string of the molecule is CC(C)c1ccc(SCc2cccc(NN)n2)cc1. The van der Waals surface area contributed by atoms with Crippen molar-refractivity contribution in [3.63, 3.8) is 0 Å². The lowest BCUT2D eigenvalue weighted by Gasteiger charge is -2.07. The molecule has 0 aliphatic carbocycles. The van der Waals surface area contributed by atoms with Gasteiger partial charge in [-0.2, -0.15) is 0 Å². The molecule has 19 heavy (non-hydrogen) atoms. The van der Waals surface area contributed by atoms with E-state index >= 15 is 0 Å². The average Bonchev–Trinajstić information content (AvgIpc) is 2.46. The Balaban J connectivity index is 1.98. The standard InChI is InChI=1S/C15H19N3S/c1-11(2)12-6-8-14(9-7-12)19-10-13-4-3-5-15(17-13)18-16/h3-9,11H,10,16H2,1-2H3,(H,17,18). The summed E-state index contributed by atoms with van der Waals surface area (Å²) in [6.07, 6.45) is 0. The van der Waals surface area contributed by atoms with Crippen LogP contribution in [0.3, 0.4) is 0 Å². The molecule has 0 bridgehead atoms. The van der Waals surface area contributed by atoms with Crippen LogP contribution in [-0.2, 0) is 5.75 Å². The summed E-state index contributed by atoms with van der Waals surface area (Å²) < 4.78 is 0. The molecule has 0 fully saturated rings. The average molecular weight is 273 g/mol. The molecule has 2 rings (SSSR count). The van der Waals surface area contributed by atoms with Crippen LogP contribution in [0.2, 0.25) is 0 Å². The van der Waals surface area contributed by atoms with Gasteiger partial charge in [0.25, 0.3) is 0 Å². The lowest BCUT2D eigenvalue weighted by atomic mass is 10.0. The molecule has 0 radical (unpaired) electrons. The molecule has 0 saturated carbocycles. The first-order chi connectivity index (χ1) is 9.19. The van der Waals surface area contributed by atoms with Crippen molar-refractivity contribution in [1.82, 2.24) is 4.98 Å². The highest BCUT2D eigenvalue weighted by molar-refractivity contribution is 7.98. The molecule has 2 aromatic rings. The Kier molecular flexibility index (Phi) is 4.82. The second-order valence-electron chi connectivity index (χ2n) is 4.67. The Morgan fingerprint density at radius 3 is 2.53 bits per heavy atom. The van der Waals surface area contributed by atoms with E-state index < -0.39 is 0 Å². The molecule has 0 aliphatic heterocycles. The van der Waals surface area contributed by atoms with Crippen molar-refractivity contribution >= 4 is 17.6 Å². The molecular formula is C15H19N3S. The first-order valence-electron chi connectivity index (χ1n) is 6.34. The number of hydrogen-bond acceptors (Lipinski definition) is 4. The van der Waals surface area contributed by atoms with E-state index in [0.717, 1.165) is 11.4 Å². The molecule has 0 spiro atoms. The summed E-state index contributed by atoms with van der Waals surface area (Å²) in [5.74, 6) is 7.47. The molecular weight excluding hydrogens is 254 g/mol. The number of nitrogens with one attached hydrogen (secondary N) is 1. The molecule has 3 N–H and O–H groups in total. The van der Waals surface area contributed by atoms with Crippen molar-refractivity contribution in [2.24, 2.45) is 5.84 Å². The zero-order valence-electron chi connectivity index (χ0n) is 11.3. The monoisotopic (exact) mass is 273 g/mol. The maximum Gasteiger partial charge on any atom is 0.140 e. The van der Waals surface area contributed by atoms with Gasteiger partial charge in [0.2, 0.25) is 0 Å². The van der Waals surface area contributed by atoms with Crippen LogP contribution in [0.25, 0.3) is 0 Å². The van der Waals surface area contributed by atoms with Crippen LogP contribution in [0, 0.1) is 0 Å². The topological polar surface area (TPSA) is 50.9 Å². The highest BCUT2D eigenvalue weighted by Gasteiger charge is 2.01. The minimum Gasteiger partial charge on any atom is -0.308 e. The van der Waals surface area contributed by atoms with Crippen molar-refractivity contribution in [3.8, 4) is 0 Å². The second kappa shape index (κ2) is 6.59. The van der Waals surface area contributed by atoms with Gasteiger partial charge in [0.05, 0.1) is 5.69 Å². The Hall–Kier alpha value is -1.52. The fraction of sp³-hybridized carbons (Fsp3) is 0.267. The number of rotatable bonds is 5. The van der Waals surface area contributed by atoms with E-state index in [1.807, 2.05) is 18.2 Å². The van der Waals surface area contributed by atoms with Crippen LogP contribution in [-0.4, -0.2) is 4.98 Å². The molecule has 100 valence electrons. The van der Waals surface area contributed by atoms with E-state index in [2.05, 4.69) is 48.5 Å². The van der Waals surface area contributed by atoms with Crippen molar-refractivity contribution < 1.29 is 0 Å². The maximum absolute atomic E-state index is 5.35. The summed E-state index contributed by atoms with van der Waals surface area (Å²) >= 11 is 1.78. The first kappa shape index (κ1) is 13.9. The molecule has 0 amide bonds. The van der Waals surface area contributed by atoms with Crippen LogP contribution >= 0.6 is 11.8 Å². The van der Waals surface area contributed by atoms with Crippen LogP contribution < -0.4 is 11.3 Å². The third-order valence-electron chi connectivity index (χ3n) is 2.89. The van der Waals surface area contributed by atoms with Gasteiger partial charge >= 0.3 is 0 Å². The maximum atomic E-state index is 5.35. The van der Waals surface area contributed by atoms with Crippen molar-refractivity contribution in [2.75, 3.05) is 5.43 Å². The summed E-state index contributed by atoms with van der Waals surface area (Å²) in [4.78, 5) is 5.66. The Bertz CT molecular complexity index is 523. The summed E-state index contributed by atoms with van der Waals surface area (Å²) in [6.45, 7) is 4.41. The van der Waals surface area contributed by atoms with Gasteiger partial charge in [0.15, 0.2) is 0 Å². The highest BCUT2D eigenvalue weighted by Crippen LogP contribution is 2.24. The Morgan fingerprint density at radius 1 is 1.16 bits per heavy atom. The number of pyridine rings is 1. The summed E-state index contributed by atoms with van der Waals surface area (Å²) in [7, 11) is 0. The number of nitrogens with two attached hydrogens (primary N) is 1. The number of hydrazine groups is 1. The minimum atomic E-state index is 0.577. The fourth-order valence-corrected chi connectivity index (χ4v) is 2.55. The number of anilines is 1. The molecule has 0 saturated heterocycles. The third kappa shape index (κ3) is 3.98. The number of hydrogen-bond donors (Lipinski definition) is 2. The zero-order valence-corrected chi connectivity index (χ0v) is 12.1. The lowest BCUT2D eigenvalue weighted by molar-refractivity contribution is 0.865. The van der Waals surface area contributed by atoms with E-state index in [1.165, 1.54) is 10.5 Å². The Morgan fingerprint density at radius 2 is 1.89 bits per heavy atom. The van der Waals surface area contributed by atoms with E-state index in [9.17, 15) is 0 Å². The molecule has 1 aromatic heterocycles. The van der Waals surface area contributed by atoms with Gasteiger partial charge in [-0.3, -0.25) is 0 Å². The normalized spacial score (nSPS) is 10.7. The third-order valence-corrected chi connectivity index (χ3v) is 3.93. The van der Waals surface area contributed by atoms with E-state index in [1.54, 1.807) is 11.8 Å². The van der Waals surface area contributed by atoms with Gasteiger partial charge < -0.3 is 5.43 Å². The predicted molar refractivity (Wildman–Crippen MR) is 82.1 cm³/mol. The Labute approximate surface area is 118 Å². The van der Waals surface area contributed by atoms with Crippen molar-refractivity contribution in [3.05, 3.63) is 53.7 Å². The van der Waals surface area contributed by atoms with Gasteiger partial charge in [-0.1, -0.05) is 32.0 Å². The van der Waals surface area contributed by atoms with Gasteiger partial charge in [-0.25, -0.2) is 10.8 Å². The molecule has 4 heteroatoms. The summed E-state index contributed by atoms with van der Waals surface area (Å²) in [5.41, 5.74) is 4.96. The van der Waals surface area contributed by atoms with Crippen molar-refractivity contribution in [1.29, 1.82) is 0 Å². The summed E-state index contributed by atoms with van der Waals surface area (Å²) in [5, 5.41) is 0. The van der Waals surface area contributed by atoms with Crippen molar-refractivity contribution in [2.45, 2.75) is 30.4 Å². The van der Waals surface area contributed by atoms with Gasteiger partial charge in [0, 0.05) is 10.6 Å². The van der Waals surface area contributed by atoms with Crippen LogP contribution in [0.5, 0.6) is 0 Å². The predicted octanol–water partition coefficient (Wildman–Crippen LogP) is 3.78. The molecule has 0 unspecified atom stereocenters.